The first-order valence-electron chi connectivity index (χ1n) is 7.43. The Morgan fingerprint density at radius 1 is 1.41 bits per heavy atom. The molecule has 0 bridgehead atoms. The number of oxazole rings is 1. The minimum atomic E-state index is -0.123. The number of piperidine rings is 1. The number of rotatable bonds is 3. The largest absolute Gasteiger partial charge is 0.445 e. The van der Waals surface area contributed by atoms with Crippen LogP contribution in [0.25, 0.3) is 11.5 Å². The molecule has 116 valence electrons. The molecule has 1 aromatic carbocycles. The van der Waals surface area contributed by atoms with Gasteiger partial charge >= 0.3 is 6.03 Å². The summed E-state index contributed by atoms with van der Waals surface area (Å²) in [5.41, 5.74) is 1.59. The number of hydrogen-bond donors (Lipinski definition) is 2. The molecule has 2 aromatic rings. The summed E-state index contributed by atoms with van der Waals surface area (Å²) in [7, 11) is 0. The van der Waals surface area contributed by atoms with Crippen molar-refractivity contribution in [2.45, 2.75) is 12.8 Å². The van der Waals surface area contributed by atoms with E-state index in [9.17, 15) is 9.90 Å². The smallest absolute Gasteiger partial charge is 0.321 e. The van der Waals surface area contributed by atoms with E-state index in [1.807, 2.05) is 24.3 Å². The highest BCUT2D eigenvalue weighted by molar-refractivity contribution is 5.89. The summed E-state index contributed by atoms with van der Waals surface area (Å²) in [5, 5.41) is 12.1. The minimum absolute atomic E-state index is 0.123. The Morgan fingerprint density at radius 3 is 2.91 bits per heavy atom. The number of aliphatic hydroxyl groups is 1. The number of carbonyl (C=O) groups excluding carboxylic acids is 1. The predicted molar refractivity (Wildman–Crippen MR) is 82.3 cm³/mol. The average Bonchev–Trinajstić information content (AvgIpc) is 3.10. The van der Waals surface area contributed by atoms with E-state index in [1.165, 1.54) is 6.26 Å². The standard InChI is InChI=1S/C16H19N3O3/c20-11-12-2-1-8-19(10-12)16(21)18-14-5-3-13(4-6-14)15-17-7-9-22-15/h3-7,9,12,20H,1-2,8,10-11H2,(H,18,21). The number of nitrogens with zero attached hydrogens (tertiary/aromatic N) is 2. The van der Waals surface area contributed by atoms with Crippen LogP contribution in [0.2, 0.25) is 0 Å². The van der Waals surface area contributed by atoms with Gasteiger partial charge in [0, 0.05) is 30.9 Å². The van der Waals surface area contributed by atoms with Crippen LogP contribution in [0.5, 0.6) is 0 Å². The van der Waals surface area contributed by atoms with Crippen LogP contribution in [0.3, 0.4) is 0 Å². The van der Waals surface area contributed by atoms with E-state index < -0.39 is 0 Å². The summed E-state index contributed by atoms with van der Waals surface area (Å²) >= 11 is 0. The molecule has 0 saturated carbocycles. The van der Waals surface area contributed by atoms with Crippen LogP contribution in [0.15, 0.2) is 41.1 Å². The van der Waals surface area contributed by atoms with Crippen molar-refractivity contribution in [3.8, 4) is 11.5 Å². The lowest BCUT2D eigenvalue weighted by molar-refractivity contribution is 0.136. The summed E-state index contributed by atoms with van der Waals surface area (Å²) in [5.74, 6) is 0.742. The third-order valence-electron chi connectivity index (χ3n) is 3.88. The third-order valence-corrected chi connectivity index (χ3v) is 3.88. The van der Waals surface area contributed by atoms with Crippen molar-refractivity contribution in [3.63, 3.8) is 0 Å². The molecule has 2 amide bonds. The molecule has 22 heavy (non-hydrogen) atoms. The Bertz CT molecular complexity index is 610. The zero-order chi connectivity index (χ0) is 15.4. The monoisotopic (exact) mass is 301 g/mol. The van der Waals surface area contributed by atoms with Gasteiger partial charge in [0.2, 0.25) is 5.89 Å². The molecule has 1 atom stereocenters. The van der Waals surface area contributed by atoms with Crippen molar-refractivity contribution in [3.05, 3.63) is 36.7 Å². The van der Waals surface area contributed by atoms with Gasteiger partial charge in [-0.2, -0.15) is 0 Å². The molecule has 1 aliphatic heterocycles. The number of hydrogen-bond acceptors (Lipinski definition) is 4. The van der Waals surface area contributed by atoms with Gasteiger partial charge in [0.05, 0.1) is 6.20 Å². The zero-order valence-corrected chi connectivity index (χ0v) is 12.2. The van der Waals surface area contributed by atoms with Crippen LogP contribution < -0.4 is 5.32 Å². The van der Waals surface area contributed by atoms with Gasteiger partial charge in [-0.1, -0.05) is 0 Å². The van der Waals surface area contributed by atoms with Crippen LogP contribution in [0.4, 0.5) is 10.5 Å². The second-order valence-electron chi connectivity index (χ2n) is 5.48. The molecule has 1 unspecified atom stereocenters. The van der Waals surface area contributed by atoms with Crippen LogP contribution >= 0.6 is 0 Å². The molecule has 1 aliphatic rings. The molecule has 0 aliphatic carbocycles. The van der Waals surface area contributed by atoms with Crippen molar-refractivity contribution < 1.29 is 14.3 Å². The first-order valence-corrected chi connectivity index (χ1v) is 7.43. The van der Waals surface area contributed by atoms with E-state index in [2.05, 4.69) is 10.3 Å². The fraction of sp³-hybridized carbons (Fsp3) is 0.375. The summed E-state index contributed by atoms with van der Waals surface area (Å²) in [6.07, 6.45) is 5.03. The molecule has 3 rings (SSSR count). The quantitative estimate of drug-likeness (QED) is 0.913. The topological polar surface area (TPSA) is 78.6 Å². The Balaban J connectivity index is 1.62. The maximum Gasteiger partial charge on any atom is 0.321 e. The number of likely N-dealkylation sites (tertiary alicyclic amines) is 1. The van der Waals surface area contributed by atoms with Gasteiger partial charge in [-0.05, 0) is 43.0 Å². The summed E-state index contributed by atoms with van der Waals surface area (Å²) < 4.78 is 5.23. The number of urea groups is 1. The maximum atomic E-state index is 12.2. The van der Waals surface area contributed by atoms with E-state index in [0.29, 0.717) is 12.4 Å². The highest BCUT2D eigenvalue weighted by Crippen LogP contribution is 2.21. The van der Waals surface area contributed by atoms with Gasteiger partial charge < -0.3 is 19.7 Å². The Hall–Kier alpha value is -2.34. The summed E-state index contributed by atoms with van der Waals surface area (Å²) in [4.78, 5) is 18.1. The van der Waals surface area contributed by atoms with E-state index in [1.54, 1.807) is 11.1 Å². The fourth-order valence-corrected chi connectivity index (χ4v) is 2.66. The normalized spacial score (nSPS) is 18.2. The minimum Gasteiger partial charge on any atom is -0.445 e. The van der Waals surface area contributed by atoms with Gasteiger partial charge in [0.25, 0.3) is 0 Å². The first kappa shape index (κ1) is 14.6. The number of anilines is 1. The van der Waals surface area contributed by atoms with Gasteiger partial charge in [-0.3, -0.25) is 0 Å². The Labute approximate surface area is 128 Å². The van der Waals surface area contributed by atoms with Gasteiger partial charge in [0.15, 0.2) is 0 Å². The molecule has 1 fully saturated rings. The van der Waals surface area contributed by atoms with Crippen LogP contribution in [0.1, 0.15) is 12.8 Å². The second-order valence-corrected chi connectivity index (χ2v) is 5.48. The van der Waals surface area contributed by atoms with Crippen molar-refractivity contribution >= 4 is 11.7 Å². The van der Waals surface area contributed by atoms with Crippen LogP contribution in [0, 0.1) is 5.92 Å². The lowest BCUT2D eigenvalue weighted by Gasteiger charge is -2.31. The average molecular weight is 301 g/mol. The van der Waals surface area contributed by atoms with E-state index in [-0.39, 0.29) is 18.6 Å². The lowest BCUT2D eigenvalue weighted by Crippen LogP contribution is -2.43. The maximum absolute atomic E-state index is 12.2. The van der Waals surface area contributed by atoms with E-state index >= 15 is 0 Å². The van der Waals surface area contributed by atoms with E-state index in [0.717, 1.165) is 30.6 Å². The molecule has 2 N–H and O–H groups in total. The van der Waals surface area contributed by atoms with Gasteiger partial charge in [-0.25, -0.2) is 9.78 Å². The lowest BCUT2D eigenvalue weighted by atomic mass is 9.99. The molecule has 6 nitrogen and oxygen atoms in total. The molecule has 0 spiro atoms. The fourth-order valence-electron chi connectivity index (χ4n) is 2.66. The van der Waals surface area contributed by atoms with Crippen molar-refractivity contribution in [1.29, 1.82) is 0 Å². The molecule has 6 heteroatoms. The summed E-state index contributed by atoms with van der Waals surface area (Å²) in [6, 6.07) is 7.24. The number of aromatic nitrogens is 1. The Morgan fingerprint density at radius 2 is 2.23 bits per heavy atom. The Kier molecular flexibility index (Phi) is 4.39. The molecule has 1 saturated heterocycles. The zero-order valence-electron chi connectivity index (χ0n) is 12.2. The van der Waals surface area contributed by atoms with Crippen molar-refractivity contribution in [1.82, 2.24) is 9.88 Å². The van der Waals surface area contributed by atoms with Crippen LogP contribution in [-0.2, 0) is 0 Å². The highest BCUT2D eigenvalue weighted by atomic mass is 16.3. The molecular weight excluding hydrogens is 282 g/mol. The highest BCUT2D eigenvalue weighted by Gasteiger charge is 2.23. The number of carbonyl (C=O) groups is 1. The van der Waals surface area contributed by atoms with Crippen LogP contribution in [-0.4, -0.2) is 40.7 Å². The second kappa shape index (κ2) is 6.62. The van der Waals surface area contributed by atoms with Gasteiger partial charge in [-0.15, -0.1) is 0 Å². The van der Waals surface area contributed by atoms with Gasteiger partial charge in [0.1, 0.15) is 6.26 Å². The molecule has 2 heterocycles. The number of benzene rings is 1. The number of aliphatic hydroxyl groups excluding tert-OH is 1. The molecule has 1 aromatic heterocycles. The predicted octanol–water partition coefficient (Wildman–Crippen LogP) is 2.58. The third kappa shape index (κ3) is 3.28. The first-order chi connectivity index (χ1) is 10.8. The summed E-state index contributed by atoms with van der Waals surface area (Å²) in [6.45, 7) is 1.47. The number of amides is 2. The molecular formula is C16H19N3O3. The van der Waals surface area contributed by atoms with E-state index in [4.69, 9.17) is 4.42 Å². The SMILES string of the molecule is O=C(Nc1ccc(-c2ncco2)cc1)N1CCCC(CO)C1. The molecule has 0 radical (unpaired) electrons. The van der Waals surface area contributed by atoms with Crippen molar-refractivity contribution in [2.75, 3.05) is 25.0 Å². The van der Waals surface area contributed by atoms with Crippen molar-refractivity contribution in [2.24, 2.45) is 5.92 Å². The number of nitrogens with one attached hydrogen (secondary N) is 1.